The Balaban J connectivity index is 1.16. The lowest BCUT2D eigenvalue weighted by Crippen LogP contribution is -2.46. The molecule has 2 atom stereocenters. The summed E-state index contributed by atoms with van der Waals surface area (Å²) in [6.45, 7) is 3.99. The van der Waals surface area contributed by atoms with Crippen molar-refractivity contribution in [3.05, 3.63) is 78.0 Å². The van der Waals surface area contributed by atoms with Gasteiger partial charge in [0.15, 0.2) is 0 Å². The van der Waals surface area contributed by atoms with Gasteiger partial charge < -0.3 is 5.32 Å². The number of fused-ring (bicyclic) bond motifs is 2. The van der Waals surface area contributed by atoms with Crippen LogP contribution in [0.15, 0.2) is 76.6 Å². The van der Waals surface area contributed by atoms with E-state index in [4.69, 9.17) is 4.37 Å². The van der Waals surface area contributed by atoms with Crippen LogP contribution in [-0.4, -0.2) is 45.2 Å². The molecule has 0 spiro atoms. The minimum atomic E-state index is -1.12. The zero-order valence-electron chi connectivity index (χ0n) is 18.1. The van der Waals surface area contributed by atoms with E-state index in [1.165, 1.54) is 26.9 Å². The van der Waals surface area contributed by atoms with Crippen LogP contribution in [-0.2, 0) is 17.2 Å². The van der Waals surface area contributed by atoms with Crippen molar-refractivity contribution >= 4 is 43.7 Å². The van der Waals surface area contributed by atoms with Gasteiger partial charge >= 0.3 is 0 Å². The minimum absolute atomic E-state index is 0.309. The predicted octanol–water partition coefficient (Wildman–Crippen LogP) is 4.93. The fourth-order valence-electron chi connectivity index (χ4n) is 4.69. The number of aliphatic imine (C=N–C) groups is 1. The van der Waals surface area contributed by atoms with Gasteiger partial charge in [-0.25, -0.2) is 9.20 Å². The van der Waals surface area contributed by atoms with Crippen LogP contribution in [0.5, 0.6) is 0 Å². The smallest absolute Gasteiger partial charge is 0.0984 e. The van der Waals surface area contributed by atoms with Gasteiger partial charge in [0.05, 0.1) is 43.4 Å². The summed E-state index contributed by atoms with van der Waals surface area (Å²) < 4.78 is 18.2. The molecule has 0 saturated carbocycles. The van der Waals surface area contributed by atoms with Crippen molar-refractivity contribution in [2.45, 2.75) is 17.4 Å². The van der Waals surface area contributed by atoms with E-state index in [0.29, 0.717) is 6.04 Å². The predicted molar refractivity (Wildman–Crippen MR) is 137 cm³/mol. The van der Waals surface area contributed by atoms with Gasteiger partial charge in [0.1, 0.15) is 0 Å². The van der Waals surface area contributed by atoms with E-state index in [0.717, 1.165) is 54.3 Å². The zero-order valence-corrected chi connectivity index (χ0v) is 19.7. The highest BCUT2D eigenvalue weighted by atomic mass is 32.2. The third-order valence-electron chi connectivity index (χ3n) is 6.51. The molecular weight excluding hydrogens is 448 g/mol. The van der Waals surface area contributed by atoms with Crippen molar-refractivity contribution < 1.29 is 4.21 Å². The summed E-state index contributed by atoms with van der Waals surface area (Å²) in [6, 6.07) is 23.6. The van der Waals surface area contributed by atoms with Crippen molar-refractivity contribution in [2.75, 3.05) is 26.2 Å². The molecular formula is C26H24N4OS2. The molecule has 33 heavy (non-hydrogen) atoms. The summed E-state index contributed by atoms with van der Waals surface area (Å²) in [7, 11) is -1.12. The number of hydrogen-bond donors (Lipinski definition) is 1. The van der Waals surface area contributed by atoms with E-state index < -0.39 is 10.8 Å². The van der Waals surface area contributed by atoms with Gasteiger partial charge in [-0.2, -0.15) is 4.37 Å². The molecule has 1 N–H and O–H groups in total. The van der Waals surface area contributed by atoms with Crippen molar-refractivity contribution in [2.24, 2.45) is 4.99 Å². The maximum Gasteiger partial charge on any atom is 0.0984 e. The van der Waals surface area contributed by atoms with Gasteiger partial charge in [-0.15, -0.1) is 0 Å². The van der Waals surface area contributed by atoms with Gasteiger partial charge in [-0.1, -0.05) is 48.5 Å². The second kappa shape index (κ2) is 8.91. The Bertz CT molecular complexity index is 1360. The van der Waals surface area contributed by atoms with Crippen LogP contribution in [0.2, 0.25) is 0 Å². The second-order valence-electron chi connectivity index (χ2n) is 8.48. The van der Waals surface area contributed by atoms with E-state index in [1.807, 2.05) is 12.1 Å². The molecule has 0 radical (unpaired) electrons. The van der Waals surface area contributed by atoms with Crippen LogP contribution in [0, 0.1) is 0 Å². The summed E-state index contributed by atoms with van der Waals surface area (Å²) in [5.41, 5.74) is 7.07. The third-order valence-corrected chi connectivity index (χ3v) is 8.41. The molecule has 166 valence electrons. The molecule has 0 amide bonds. The topological polar surface area (TPSA) is 57.6 Å². The molecule has 0 bridgehead atoms. The normalized spacial score (nSPS) is 20.4. The van der Waals surface area contributed by atoms with E-state index >= 15 is 0 Å². The molecule has 5 nitrogen and oxygen atoms in total. The Hall–Kier alpha value is -2.71. The molecule has 7 heteroatoms. The number of hydrogen-bond acceptors (Lipinski definition) is 6. The first-order chi connectivity index (χ1) is 16.3. The van der Waals surface area contributed by atoms with E-state index in [9.17, 15) is 4.21 Å². The first-order valence-corrected chi connectivity index (χ1v) is 13.2. The molecule has 1 aromatic heterocycles. The van der Waals surface area contributed by atoms with Gasteiger partial charge in [-0.3, -0.25) is 4.90 Å². The number of aromatic nitrogens is 1. The van der Waals surface area contributed by atoms with Crippen molar-refractivity contribution in [1.82, 2.24) is 14.6 Å². The van der Waals surface area contributed by atoms with Crippen molar-refractivity contribution in [3.63, 3.8) is 0 Å². The third kappa shape index (κ3) is 4.06. The van der Waals surface area contributed by atoms with Gasteiger partial charge in [0, 0.05) is 31.6 Å². The zero-order chi connectivity index (χ0) is 22.2. The summed E-state index contributed by atoms with van der Waals surface area (Å²) in [6.07, 6.45) is 1.00. The monoisotopic (exact) mass is 472 g/mol. The van der Waals surface area contributed by atoms with Crippen LogP contribution in [0.25, 0.3) is 21.2 Å². The number of rotatable bonds is 5. The van der Waals surface area contributed by atoms with Crippen LogP contribution < -0.4 is 5.32 Å². The molecule has 0 aliphatic carbocycles. The van der Waals surface area contributed by atoms with Crippen LogP contribution >= 0.6 is 11.5 Å². The van der Waals surface area contributed by atoms with E-state index in [2.05, 4.69) is 69.8 Å². The Morgan fingerprint density at radius 1 is 1.06 bits per heavy atom. The highest BCUT2D eigenvalue weighted by Crippen LogP contribution is 2.33. The lowest BCUT2D eigenvalue weighted by Gasteiger charge is -2.35. The standard InChI is InChI=1S/C26H24N4OS2/c31-33-17-28-22-10-9-20(15-25(22)33)19-7-5-18(6-8-19)11-13-30-14-12-27-16-23(30)26-21-3-1-2-4-24(21)32-29-26/h1-10,15,17,23,27H,11-14,16H2. The molecule has 2 aliphatic rings. The quantitative estimate of drug-likeness (QED) is 0.447. The average molecular weight is 473 g/mol. The molecule has 3 heterocycles. The first-order valence-electron chi connectivity index (χ1n) is 11.2. The Kier molecular flexibility index (Phi) is 5.63. The number of benzene rings is 3. The summed E-state index contributed by atoms with van der Waals surface area (Å²) >= 11 is 1.60. The van der Waals surface area contributed by atoms with Crippen molar-refractivity contribution in [1.29, 1.82) is 0 Å². The summed E-state index contributed by atoms with van der Waals surface area (Å²) in [5, 5.41) is 4.84. The van der Waals surface area contributed by atoms with Gasteiger partial charge in [0.2, 0.25) is 0 Å². The van der Waals surface area contributed by atoms with Crippen LogP contribution in [0.3, 0.4) is 0 Å². The Morgan fingerprint density at radius 2 is 1.91 bits per heavy atom. The maximum absolute atomic E-state index is 12.1. The lowest BCUT2D eigenvalue weighted by atomic mass is 10.0. The number of nitrogens with one attached hydrogen (secondary N) is 1. The summed E-state index contributed by atoms with van der Waals surface area (Å²) in [4.78, 5) is 7.57. The maximum atomic E-state index is 12.1. The van der Waals surface area contributed by atoms with Crippen LogP contribution in [0.4, 0.5) is 5.69 Å². The molecule has 2 aliphatic heterocycles. The van der Waals surface area contributed by atoms with Crippen molar-refractivity contribution in [3.8, 4) is 11.1 Å². The van der Waals surface area contributed by atoms with Crippen LogP contribution in [0.1, 0.15) is 17.3 Å². The molecule has 1 fully saturated rings. The lowest BCUT2D eigenvalue weighted by molar-refractivity contribution is 0.162. The Labute approximate surface area is 199 Å². The molecule has 4 aromatic rings. The fraction of sp³-hybridized carbons (Fsp3) is 0.231. The largest absolute Gasteiger partial charge is 0.313 e. The van der Waals surface area contributed by atoms with Gasteiger partial charge in [-0.05, 0) is 52.8 Å². The Morgan fingerprint density at radius 3 is 2.82 bits per heavy atom. The van der Waals surface area contributed by atoms with E-state index in [-0.39, 0.29) is 0 Å². The highest BCUT2D eigenvalue weighted by Gasteiger charge is 2.27. The van der Waals surface area contributed by atoms with Gasteiger partial charge in [0.25, 0.3) is 0 Å². The minimum Gasteiger partial charge on any atom is -0.313 e. The average Bonchev–Trinajstić information content (AvgIpc) is 3.47. The second-order valence-corrected chi connectivity index (χ2v) is 10.5. The highest BCUT2D eigenvalue weighted by molar-refractivity contribution is 7.99. The fourth-order valence-corrected chi connectivity index (χ4v) is 6.41. The molecule has 1 saturated heterocycles. The first kappa shape index (κ1) is 20.9. The summed E-state index contributed by atoms with van der Waals surface area (Å²) in [5.74, 6) is 0. The van der Waals surface area contributed by atoms with E-state index in [1.54, 1.807) is 11.5 Å². The molecule has 6 rings (SSSR count). The molecule has 2 unspecified atom stereocenters. The number of piperazine rings is 1. The molecule has 3 aromatic carbocycles. The SMILES string of the molecule is O=S1C=Nc2ccc(-c3ccc(CCN4CCNCC4c4nsc5ccccc45)cc3)cc21. The number of nitrogens with zero attached hydrogens (tertiary/aromatic N) is 3.